The number of fused-ring (bicyclic) bond motifs is 10. The summed E-state index contributed by atoms with van der Waals surface area (Å²) in [5, 5.41) is 10.1. The second-order valence-electron chi connectivity index (χ2n) is 13.1. The molecule has 0 aliphatic carbocycles. The van der Waals surface area contributed by atoms with E-state index in [1.165, 1.54) is 70.6 Å². The van der Waals surface area contributed by atoms with Crippen LogP contribution in [-0.4, -0.2) is 24.5 Å². The van der Waals surface area contributed by atoms with Crippen molar-refractivity contribution in [3.63, 3.8) is 0 Å². The fraction of sp³-hybridized carbons (Fsp3) is 0. The predicted octanol–water partition coefficient (Wildman–Crippen LogP) is 10.7. The zero-order chi connectivity index (χ0) is 33.9. The summed E-state index contributed by atoms with van der Waals surface area (Å²) in [6.45, 7) is 0. The van der Waals surface area contributed by atoms with Gasteiger partial charge in [0, 0.05) is 10.8 Å². The average Bonchev–Trinajstić information content (AvgIpc) is 3.61. The molecule has 0 amide bonds. The number of hydrogen-bond acceptors (Lipinski definition) is 1. The van der Waals surface area contributed by atoms with Gasteiger partial charge in [0.05, 0.1) is 11.0 Å². The zero-order valence-corrected chi connectivity index (χ0v) is 30.3. The van der Waals surface area contributed by atoms with Crippen LogP contribution in [0.3, 0.4) is 0 Å². The Morgan fingerprint density at radius 1 is 0.412 bits per heavy atom. The Kier molecular flexibility index (Phi) is 7.15. The Hall–Kier alpha value is -5.56. The van der Waals surface area contributed by atoms with Crippen LogP contribution in [0.2, 0.25) is 0 Å². The fourth-order valence-corrected chi connectivity index (χ4v) is 12.7. The van der Waals surface area contributed by atoms with Crippen molar-refractivity contribution in [3.8, 4) is 22.3 Å². The minimum atomic E-state index is -1.89. The molecule has 0 N–H and O–H groups in total. The molecule has 0 spiro atoms. The standard InChI is InChI=1S/C47H31N2PSe/c51-50(37-12-3-1-4-13-37,38-14-5-2-6-15-38)39-27-23-33(24-28-39)32-19-21-34(22-20-32)36-26-29-41-42-30-25-35-11-7-8-16-40(35)46(42)47-48-43-17-9-10-18-44(43)49(47)45(41)31-36/h1-31H. The van der Waals surface area contributed by atoms with E-state index >= 15 is 0 Å². The molecule has 0 atom stereocenters. The van der Waals surface area contributed by atoms with E-state index in [9.17, 15) is 0 Å². The molecule has 0 saturated carbocycles. The molecule has 10 aromatic rings. The number of imidazole rings is 1. The van der Waals surface area contributed by atoms with Crippen LogP contribution in [0.4, 0.5) is 0 Å². The second kappa shape index (κ2) is 12.0. The SMILES string of the molecule is [Se]=P(c1ccccc1)(c1ccccc1)c1ccc(-c2ccc(-c3ccc4c5ccc6ccccc6c5c5nc6ccccc6n5c4c3)cc2)cc1. The third-order valence-corrected chi connectivity index (χ3v) is 17.3. The third-order valence-electron chi connectivity index (χ3n) is 10.3. The summed E-state index contributed by atoms with van der Waals surface area (Å²) in [6.07, 6.45) is 0. The Balaban J connectivity index is 1.06. The molecule has 0 aliphatic rings. The van der Waals surface area contributed by atoms with Gasteiger partial charge in [0.1, 0.15) is 5.65 Å². The van der Waals surface area contributed by atoms with Crippen molar-refractivity contribution in [2.45, 2.75) is 0 Å². The quantitative estimate of drug-likeness (QED) is 0.0978. The number of pyridine rings is 1. The van der Waals surface area contributed by atoms with Gasteiger partial charge in [-0.15, -0.1) is 0 Å². The molecule has 0 aliphatic heterocycles. The number of aromatic nitrogens is 2. The molecule has 0 radical (unpaired) electrons. The van der Waals surface area contributed by atoms with Gasteiger partial charge in [-0.3, -0.25) is 4.40 Å². The van der Waals surface area contributed by atoms with Gasteiger partial charge in [0.15, 0.2) is 0 Å². The summed E-state index contributed by atoms with van der Waals surface area (Å²) in [7, 11) is 0. The van der Waals surface area contributed by atoms with Crippen LogP contribution >= 0.6 is 5.51 Å². The normalized spacial score (nSPS) is 12.0. The van der Waals surface area contributed by atoms with Crippen LogP contribution in [0, 0.1) is 0 Å². The average molecular weight is 734 g/mol. The molecule has 240 valence electrons. The van der Waals surface area contributed by atoms with Crippen LogP contribution in [0.15, 0.2) is 188 Å². The van der Waals surface area contributed by atoms with Gasteiger partial charge in [-0.2, -0.15) is 0 Å². The van der Waals surface area contributed by atoms with Crippen molar-refractivity contribution in [1.82, 2.24) is 9.38 Å². The van der Waals surface area contributed by atoms with E-state index in [0.29, 0.717) is 0 Å². The molecular weight excluding hydrogens is 702 g/mol. The van der Waals surface area contributed by atoms with Crippen molar-refractivity contribution >= 4 is 85.6 Å². The monoisotopic (exact) mass is 734 g/mol. The van der Waals surface area contributed by atoms with Crippen molar-refractivity contribution in [3.05, 3.63) is 188 Å². The molecular formula is C47H31N2PSe. The van der Waals surface area contributed by atoms with E-state index in [0.717, 1.165) is 16.7 Å². The van der Waals surface area contributed by atoms with Crippen LogP contribution in [0.5, 0.6) is 0 Å². The van der Waals surface area contributed by atoms with Gasteiger partial charge in [0.25, 0.3) is 0 Å². The molecule has 2 nitrogen and oxygen atoms in total. The van der Waals surface area contributed by atoms with E-state index in [1.54, 1.807) is 0 Å². The van der Waals surface area contributed by atoms with E-state index in [2.05, 4.69) is 208 Å². The molecule has 10 rings (SSSR count). The topological polar surface area (TPSA) is 17.3 Å². The first kappa shape index (κ1) is 30.3. The van der Waals surface area contributed by atoms with Crippen LogP contribution < -0.4 is 15.9 Å². The molecule has 0 bridgehead atoms. The van der Waals surface area contributed by atoms with Gasteiger partial charge in [-0.05, 0) is 28.3 Å². The van der Waals surface area contributed by atoms with E-state index in [-0.39, 0.29) is 0 Å². The summed E-state index contributed by atoms with van der Waals surface area (Å²) in [5.74, 6) is 0. The van der Waals surface area contributed by atoms with Gasteiger partial charge < -0.3 is 0 Å². The van der Waals surface area contributed by atoms with Crippen molar-refractivity contribution in [1.29, 1.82) is 0 Å². The molecule has 51 heavy (non-hydrogen) atoms. The number of hydrogen-bond donors (Lipinski definition) is 0. The van der Waals surface area contributed by atoms with Crippen LogP contribution in [0.1, 0.15) is 0 Å². The first-order valence-corrected chi connectivity index (χ1v) is 21.2. The number of nitrogens with zero attached hydrogens (tertiary/aromatic N) is 2. The van der Waals surface area contributed by atoms with Gasteiger partial charge >= 0.3 is 192 Å². The van der Waals surface area contributed by atoms with E-state index in [1.807, 2.05) is 0 Å². The first-order valence-electron chi connectivity index (χ1n) is 17.2. The Morgan fingerprint density at radius 2 is 0.941 bits per heavy atom. The summed E-state index contributed by atoms with van der Waals surface area (Å²) in [5.41, 5.74) is 7.19. The van der Waals surface area contributed by atoms with Gasteiger partial charge in [-0.25, -0.2) is 4.98 Å². The van der Waals surface area contributed by atoms with E-state index < -0.39 is 5.51 Å². The van der Waals surface area contributed by atoms with Gasteiger partial charge in [-0.1, -0.05) is 48.5 Å². The minimum absolute atomic E-state index is 1.00. The van der Waals surface area contributed by atoms with Crippen molar-refractivity contribution in [2.24, 2.45) is 0 Å². The first-order chi connectivity index (χ1) is 25.2. The Bertz CT molecular complexity index is 2920. The maximum absolute atomic E-state index is 5.21. The van der Waals surface area contributed by atoms with Gasteiger partial charge in [0.2, 0.25) is 0 Å². The summed E-state index contributed by atoms with van der Waals surface area (Å²) in [6, 6.07) is 68.4. The second-order valence-corrected chi connectivity index (χ2v) is 19.3. The summed E-state index contributed by atoms with van der Waals surface area (Å²) >= 11 is 3.68. The number of benzene rings is 8. The molecule has 0 saturated heterocycles. The van der Waals surface area contributed by atoms with Crippen LogP contribution in [-0.2, 0) is 0 Å². The fourth-order valence-electron chi connectivity index (χ4n) is 7.74. The Labute approximate surface area is 303 Å². The van der Waals surface area contributed by atoms with E-state index in [4.69, 9.17) is 4.98 Å². The Morgan fingerprint density at radius 3 is 1.65 bits per heavy atom. The molecule has 8 aromatic carbocycles. The van der Waals surface area contributed by atoms with Crippen LogP contribution in [0.25, 0.3) is 71.4 Å². The number of rotatable bonds is 5. The summed E-state index contributed by atoms with van der Waals surface area (Å²) in [4.78, 5) is 5.21. The maximum atomic E-state index is 5.21. The predicted molar refractivity (Wildman–Crippen MR) is 221 cm³/mol. The molecule has 0 fully saturated rings. The zero-order valence-electron chi connectivity index (χ0n) is 27.6. The molecule has 0 unspecified atom stereocenters. The van der Waals surface area contributed by atoms with Crippen molar-refractivity contribution < 1.29 is 0 Å². The molecule has 2 heterocycles. The summed E-state index contributed by atoms with van der Waals surface area (Å²) < 4.78 is 2.36. The van der Waals surface area contributed by atoms with Crippen molar-refractivity contribution in [2.75, 3.05) is 0 Å². The number of para-hydroxylation sites is 2. The molecule has 2 aromatic heterocycles. The third kappa shape index (κ3) is 4.85. The molecule has 4 heteroatoms.